The van der Waals surface area contributed by atoms with Crippen LogP contribution in [-0.4, -0.2) is 47.5 Å². The summed E-state index contributed by atoms with van der Waals surface area (Å²) in [4.78, 5) is 10.8. The average Bonchev–Trinajstić information content (AvgIpc) is 2.53. The SMILES string of the molecule is COc1ncc(-c2cc(N3CC4(CCC4)C3)c(C)nn2)c(OC)n1. The van der Waals surface area contributed by atoms with Crippen LogP contribution in [0.2, 0.25) is 0 Å². The molecule has 0 unspecified atom stereocenters. The Morgan fingerprint density at radius 2 is 1.92 bits per heavy atom. The van der Waals surface area contributed by atoms with Gasteiger partial charge in [0.25, 0.3) is 0 Å². The molecule has 1 spiro atoms. The Hall–Kier alpha value is -2.44. The summed E-state index contributed by atoms with van der Waals surface area (Å²) in [5, 5.41) is 8.64. The van der Waals surface area contributed by atoms with Crippen molar-refractivity contribution in [3.05, 3.63) is 18.0 Å². The van der Waals surface area contributed by atoms with Gasteiger partial charge < -0.3 is 14.4 Å². The number of nitrogens with zero attached hydrogens (tertiary/aromatic N) is 5. The maximum absolute atomic E-state index is 5.36. The molecular formula is C17H21N5O2. The maximum atomic E-state index is 5.36. The first kappa shape index (κ1) is 15.1. The summed E-state index contributed by atoms with van der Waals surface area (Å²) in [6.07, 6.45) is 5.74. The monoisotopic (exact) mass is 327 g/mol. The van der Waals surface area contributed by atoms with Crippen molar-refractivity contribution >= 4 is 5.69 Å². The molecule has 0 amide bonds. The molecule has 1 aliphatic heterocycles. The van der Waals surface area contributed by atoms with Gasteiger partial charge in [-0.2, -0.15) is 10.1 Å². The first-order valence-corrected chi connectivity index (χ1v) is 8.19. The van der Waals surface area contributed by atoms with Crippen LogP contribution in [-0.2, 0) is 0 Å². The summed E-state index contributed by atoms with van der Waals surface area (Å²) in [6.45, 7) is 4.24. The first-order valence-electron chi connectivity index (χ1n) is 8.19. The van der Waals surface area contributed by atoms with E-state index < -0.39 is 0 Å². The van der Waals surface area contributed by atoms with E-state index in [2.05, 4.69) is 31.1 Å². The molecule has 2 aliphatic rings. The highest BCUT2D eigenvalue weighted by atomic mass is 16.5. The fourth-order valence-electron chi connectivity index (χ4n) is 3.60. The third kappa shape index (κ3) is 2.35. The molecule has 4 rings (SSSR count). The van der Waals surface area contributed by atoms with Crippen LogP contribution < -0.4 is 14.4 Å². The van der Waals surface area contributed by atoms with E-state index in [1.807, 2.05) is 6.92 Å². The summed E-state index contributed by atoms with van der Waals surface area (Å²) in [5.41, 5.74) is 4.07. The van der Waals surface area contributed by atoms with Crippen LogP contribution in [0.4, 0.5) is 5.69 Å². The minimum Gasteiger partial charge on any atom is -0.480 e. The second-order valence-electron chi connectivity index (χ2n) is 6.69. The molecule has 2 aromatic rings. The van der Waals surface area contributed by atoms with Crippen molar-refractivity contribution in [3.63, 3.8) is 0 Å². The Morgan fingerprint density at radius 3 is 2.54 bits per heavy atom. The zero-order chi connectivity index (χ0) is 16.7. The van der Waals surface area contributed by atoms with Crippen molar-refractivity contribution in [1.82, 2.24) is 20.2 Å². The molecule has 0 N–H and O–H groups in total. The highest BCUT2D eigenvalue weighted by Crippen LogP contribution is 2.50. The molecule has 126 valence electrons. The molecule has 1 aliphatic carbocycles. The van der Waals surface area contributed by atoms with Crippen LogP contribution in [0.15, 0.2) is 12.3 Å². The number of rotatable bonds is 4. The molecule has 0 radical (unpaired) electrons. The van der Waals surface area contributed by atoms with E-state index in [9.17, 15) is 0 Å². The molecule has 3 heterocycles. The van der Waals surface area contributed by atoms with Crippen LogP contribution in [0.5, 0.6) is 11.9 Å². The summed E-state index contributed by atoms with van der Waals surface area (Å²) in [7, 11) is 3.10. The van der Waals surface area contributed by atoms with Crippen LogP contribution in [0.1, 0.15) is 25.0 Å². The number of hydrogen-bond donors (Lipinski definition) is 0. The lowest BCUT2D eigenvalue weighted by Gasteiger charge is -2.57. The molecule has 24 heavy (non-hydrogen) atoms. The fraction of sp³-hybridized carbons (Fsp3) is 0.529. The van der Waals surface area contributed by atoms with Crippen LogP contribution in [0.25, 0.3) is 11.3 Å². The topological polar surface area (TPSA) is 73.3 Å². The molecule has 1 saturated carbocycles. The molecule has 0 atom stereocenters. The van der Waals surface area contributed by atoms with E-state index in [1.165, 1.54) is 26.4 Å². The van der Waals surface area contributed by atoms with Gasteiger partial charge in [0.2, 0.25) is 5.88 Å². The molecule has 7 heteroatoms. The van der Waals surface area contributed by atoms with Gasteiger partial charge in [0.15, 0.2) is 0 Å². The van der Waals surface area contributed by atoms with E-state index in [1.54, 1.807) is 13.3 Å². The summed E-state index contributed by atoms with van der Waals surface area (Å²) < 4.78 is 10.4. The quantitative estimate of drug-likeness (QED) is 0.852. The Kier molecular flexibility index (Phi) is 3.51. The number of aromatic nitrogens is 4. The van der Waals surface area contributed by atoms with E-state index in [-0.39, 0.29) is 6.01 Å². The van der Waals surface area contributed by atoms with Gasteiger partial charge in [0, 0.05) is 24.7 Å². The Bertz CT molecular complexity index is 768. The standard InChI is InChI=1S/C17H21N5O2/c1-11-14(22-9-17(10-22)5-4-6-17)7-13(21-20-11)12-8-18-16(24-3)19-15(12)23-2/h7-8H,4-6,9-10H2,1-3H3. The zero-order valence-corrected chi connectivity index (χ0v) is 14.2. The maximum Gasteiger partial charge on any atom is 0.319 e. The van der Waals surface area contributed by atoms with Crippen molar-refractivity contribution in [2.24, 2.45) is 5.41 Å². The average molecular weight is 327 g/mol. The van der Waals surface area contributed by atoms with Gasteiger partial charge in [-0.25, -0.2) is 4.98 Å². The number of anilines is 1. The predicted molar refractivity (Wildman–Crippen MR) is 89.4 cm³/mol. The molecule has 7 nitrogen and oxygen atoms in total. The van der Waals surface area contributed by atoms with E-state index in [4.69, 9.17) is 9.47 Å². The van der Waals surface area contributed by atoms with Gasteiger partial charge in [-0.1, -0.05) is 6.42 Å². The smallest absolute Gasteiger partial charge is 0.319 e. The van der Waals surface area contributed by atoms with Crippen LogP contribution in [0.3, 0.4) is 0 Å². The Balaban J connectivity index is 1.66. The van der Waals surface area contributed by atoms with E-state index >= 15 is 0 Å². The van der Waals surface area contributed by atoms with E-state index in [0.717, 1.165) is 24.5 Å². The van der Waals surface area contributed by atoms with Crippen molar-refractivity contribution in [1.29, 1.82) is 0 Å². The Morgan fingerprint density at radius 1 is 1.12 bits per heavy atom. The second kappa shape index (κ2) is 5.58. The van der Waals surface area contributed by atoms with Gasteiger partial charge in [0.1, 0.15) is 5.69 Å². The van der Waals surface area contributed by atoms with Gasteiger partial charge in [0.05, 0.1) is 31.2 Å². The summed E-state index contributed by atoms with van der Waals surface area (Å²) >= 11 is 0. The molecule has 2 fully saturated rings. The largest absolute Gasteiger partial charge is 0.480 e. The molecule has 0 bridgehead atoms. The third-order valence-electron chi connectivity index (χ3n) is 5.14. The fourth-order valence-corrected chi connectivity index (χ4v) is 3.60. The number of hydrogen-bond acceptors (Lipinski definition) is 7. The normalized spacial score (nSPS) is 18.0. The predicted octanol–water partition coefficient (Wildman–Crippen LogP) is 2.25. The molecule has 2 aromatic heterocycles. The van der Waals surface area contributed by atoms with Gasteiger partial charge in [-0.15, -0.1) is 5.10 Å². The second-order valence-corrected chi connectivity index (χ2v) is 6.69. The van der Waals surface area contributed by atoms with Gasteiger partial charge >= 0.3 is 6.01 Å². The lowest BCUT2D eigenvalue weighted by atomic mass is 9.63. The molecule has 0 aromatic carbocycles. The highest BCUT2D eigenvalue weighted by molar-refractivity contribution is 5.69. The number of aryl methyl sites for hydroxylation is 1. The minimum atomic E-state index is 0.269. The van der Waals surface area contributed by atoms with Crippen molar-refractivity contribution in [2.45, 2.75) is 26.2 Å². The van der Waals surface area contributed by atoms with Crippen LogP contribution >= 0.6 is 0 Å². The number of methoxy groups -OCH3 is 2. The molecular weight excluding hydrogens is 306 g/mol. The van der Waals surface area contributed by atoms with Crippen molar-refractivity contribution in [2.75, 3.05) is 32.2 Å². The number of ether oxygens (including phenoxy) is 2. The lowest BCUT2D eigenvalue weighted by molar-refractivity contribution is 0.0902. The molecule has 1 saturated heterocycles. The van der Waals surface area contributed by atoms with Crippen molar-refractivity contribution in [3.8, 4) is 23.1 Å². The van der Waals surface area contributed by atoms with Crippen LogP contribution in [0, 0.1) is 12.3 Å². The third-order valence-corrected chi connectivity index (χ3v) is 5.14. The van der Waals surface area contributed by atoms with Crippen molar-refractivity contribution < 1.29 is 9.47 Å². The summed E-state index contributed by atoms with van der Waals surface area (Å²) in [5.74, 6) is 0.435. The zero-order valence-electron chi connectivity index (χ0n) is 14.2. The summed E-state index contributed by atoms with van der Waals surface area (Å²) in [6, 6.07) is 2.33. The first-order chi connectivity index (χ1) is 11.6. The minimum absolute atomic E-state index is 0.269. The van der Waals surface area contributed by atoms with Gasteiger partial charge in [-0.05, 0) is 25.8 Å². The lowest BCUT2D eigenvalue weighted by Crippen LogP contribution is -2.60. The van der Waals surface area contributed by atoms with Gasteiger partial charge in [-0.3, -0.25) is 0 Å². The highest BCUT2D eigenvalue weighted by Gasteiger charge is 2.47. The Labute approximate surface area is 141 Å². The van der Waals surface area contributed by atoms with E-state index in [0.29, 0.717) is 22.6 Å².